The minimum absolute atomic E-state index is 0.0109. The van der Waals surface area contributed by atoms with Gasteiger partial charge in [-0.2, -0.15) is 4.31 Å². The largest absolute Gasteiger partial charge is 0.454 e. The van der Waals surface area contributed by atoms with E-state index in [1.165, 1.54) is 10.4 Å². The van der Waals surface area contributed by atoms with Gasteiger partial charge in [0.25, 0.3) is 0 Å². The maximum Gasteiger partial charge on any atom is 0.243 e. The van der Waals surface area contributed by atoms with Gasteiger partial charge in [-0.25, -0.2) is 18.4 Å². The van der Waals surface area contributed by atoms with Crippen molar-refractivity contribution in [2.45, 2.75) is 30.7 Å². The molecule has 4 aromatic rings. The van der Waals surface area contributed by atoms with Crippen molar-refractivity contribution in [3.63, 3.8) is 0 Å². The standard InChI is InChI=1S/C24H22ClN5O4S/c1-15-2-4-20-24(27-15)30(23(28-20)18-6-9-26-13-19(18)25)16-7-10-29(11-8-16)35(31,32)17-3-5-21-22(12-17)34-14-33-21/h2-6,9,12-13,16H,7-8,10-11,14H2,1H3. The molecule has 6 rings (SSSR count). The Balaban J connectivity index is 1.32. The highest BCUT2D eigenvalue weighted by molar-refractivity contribution is 7.89. The average Bonchev–Trinajstić information content (AvgIpc) is 3.48. The molecule has 1 aromatic carbocycles. The van der Waals surface area contributed by atoms with Crippen molar-refractivity contribution in [3.05, 3.63) is 59.5 Å². The molecule has 11 heteroatoms. The third-order valence-corrected chi connectivity index (χ3v) is 8.66. The zero-order valence-electron chi connectivity index (χ0n) is 18.9. The van der Waals surface area contributed by atoms with Crippen LogP contribution in [0.3, 0.4) is 0 Å². The summed E-state index contributed by atoms with van der Waals surface area (Å²) in [5.74, 6) is 1.72. The fourth-order valence-electron chi connectivity index (χ4n) is 4.69. The summed E-state index contributed by atoms with van der Waals surface area (Å²) in [5.41, 5.74) is 3.19. The van der Waals surface area contributed by atoms with Crippen LogP contribution >= 0.6 is 11.6 Å². The summed E-state index contributed by atoms with van der Waals surface area (Å²) in [6.07, 6.45) is 4.51. The van der Waals surface area contributed by atoms with E-state index in [0.29, 0.717) is 48.3 Å². The topological polar surface area (TPSA) is 99.4 Å². The molecule has 1 fully saturated rings. The summed E-state index contributed by atoms with van der Waals surface area (Å²) in [5, 5.41) is 0.503. The molecule has 0 spiro atoms. The Morgan fingerprint density at radius 3 is 2.63 bits per heavy atom. The summed E-state index contributed by atoms with van der Waals surface area (Å²) in [6, 6.07) is 10.5. The van der Waals surface area contributed by atoms with E-state index < -0.39 is 10.0 Å². The highest BCUT2D eigenvalue weighted by Crippen LogP contribution is 2.38. The number of aryl methyl sites for hydroxylation is 1. The number of pyridine rings is 2. The van der Waals surface area contributed by atoms with Gasteiger partial charge in [0, 0.05) is 48.8 Å². The van der Waals surface area contributed by atoms with Crippen LogP contribution in [0.15, 0.2) is 53.7 Å². The Hall–Kier alpha value is -3.21. The van der Waals surface area contributed by atoms with Gasteiger partial charge in [0.2, 0.25) is 16.8 Å². The van der Waals surface area contributed by atoms with E-state index in [2.05, 4.69) is 9.55 Å². The van der Waals surface area contributed by atoms with Crippen LogP contribution in [0.1, 0.15) is 24.6 Å². The number of piperidine rings is 1. The van der Waals surface area contributed by atoms with Crippen LogP contribution < -0.4 is 9.47 Å². The van der Waals surface area contributed by atoms with Gasteiger partial charge in [0.05, 0.1) is 9.92 Å². The maximum atomic E-state index is 13.3. The molecule has 0 N–H and O–H groups in total. The lowest BCUT2D eigenvalue weighted by atomic mass is 10.1. The van der Waals surface area contributed by atoms with Crippen LogP contribution in [0.5, 0.6) is 11.5 Å². The first-order chi connectivity index (χ1) is 16.9. The van der Waals surface area contributed by atoms with Crippen molar-refractivity contribution in [1.82, 2.24) is 23.8 Å². The molecular formula is C24H22ClN5O4S. The van der Waals surface area contributed by atoms with E-state index in [9.17, 15) is 8.42 Å². The van der Waals surface area contributed by atoms with Gasteiger partial charge in [0.15, 0.2) is 17.1 Å². The predicted molar refractivity (Wildman–Crippen MR) is 130 cm³/mol. The van der Waals surface area contributed by atoms with E-state index in [4.69, 9.17) is 31.0 Å². The summed E-state index contributed by atoms with van der Waals surface area (Å²) in [4.78, 5) is 13.9. The molecule has 5 heterocycles. The first kappa shape index (κ1) is 22.3. The van der Waals surface area contributed by atoms with Gasteiger partial charge >= 0.3 is 0 Å². The van der Waals surface area contributed by atoms with Gasteiger partial charge in [-0.15, -0.1) is 0 Å². The van der Waals surface area contributed by atoms with Crippen LogP contribution in [0.25, 0.3) is 22.6 Å². The molecular weight excluding hydrogens is 490 g/mol. The molecule has 0 radical (unpaired) electrons. The SMILES string of the molecule is Cc1ccc2nc(-c3ccncc3Cl)n(C3CCN(S(=O)(=O)c4ccc5c(c4)OCO5)CC3)c2n1. The van der Waals surface area contributed by atoms with Gasteiger partial charge in [-0.1, -0.05) is 11.6 Å². The number of benzene rings is 1. The monoisotopic (exact) mass is 511 g/mol. The number of sulfonamides is 1. The van der Waals surface area contributed by atoms with Crippen molar-refractivity contribution >= 4 is 32.8 Å². The number of ether oxygens (including phenoxy) is 2. The third-order valence-electron chi connectivity index (χ3n) is 6.46. The number of halogens is 1. The van der Waals surface area contributed by atoms with Crippen molar-refractivity contribution in [2.75, 3.05) is 19.9 Å². The molecule has 2 aliphatic heterocycles. The molecule has 1 saturated heterocycles. The summed E-state index contributed by atoms with van der Waals surface area (Å²) >= 11 is 6.48. The Bertz CT molecular complexity index is 1550. The first-order valence-corrected chi connectivity index (χ1v) is 13.1. The second kappa shape index (κ2) is 8.47. The van der Waals surface area contributed by atoms with Gasteiger partial charge < -0.3 is 14.0 Å². The van der Waals surface area contributed by atoms with Crippen LogP contribution in [0, 0.1) is 6.92 Å². The molecule has 2 aliphatic rings. The van der Waals surface area contributed by atoms with Gasteiger partial charge in [0.1, 0.15) is 11.3 Å². The molecule has 0 aliphatic carbocycles. The number of fused-ring (bicyclic) bond motifs is 2. The number of hydrogen-bond donors (Lipinski definition) is 0. The van der Waals surface area contributed by atoms with Crippen LogP contribution in [-0.2, 0) is 10.0 Å². The zero-order chi connectivity index (χ0) is 24.2. The van der Waals surface area contributed by atoms with E-state index >= 15 is 0 Å². The minimum Gasteiger partial charge on any atom is -0.454 e. The number of imidazole rings is 1. The van der Waals surface area contributed by atoms with Crippen LogP contribution in [0.2, 0.25) is 5.02 Å². The number of rotatable bonds is 4. The molecule has 180 valence electrons. The Labute approximate surface area is 207 Å². The average molecular weight is 512 g/mol. The molecule has 35 heavy (non-hydrogen) atoms. The predicted octanol–water partition coefficient (Wildman–Crippen LogP) is 4.21. The van der Waals surface area contributed by atoms with E-state index in [1.807, 2.05) is 25.1 Å². The highest BCUT2D eigenvalue weighted by Gasteiger charge is 2.33. The highest BCUT2D eigenvalue weighted by atomic mass is 35.5. The van der Waals surface area contributed by atoms with E-state index in [-0.39, 0.29) is 17.7 Å². The van der Waals surface area contributed by atoms with E-state index in [0.717, 1.165) is 22.4 Å². The Morgan fingerprint density at radius 1 is 1.03 bits per heavy atom. The van der Waals surface area contributed by atoms with Crippen LogP contribution in [-0.4, -0.2) is 52.1 Å². The fourth-order valence-corrected chi connectivity index (χ4v) is 6.38. The van der Waals surface area contributed by atoms with Crippen molar-refractivity contribution in [2.24, 2.45) is 0 Å². The molecule has 0 unspecified atom stereocenters. The Kier molecular flexibility index (Phi) is 5.39. The molecule has 0 saturated carbocycles. The second-order valence-corrected chi connectivity index (χ2v) is 11.0. The normalized spacial score (nSPS) is 16.7. The summed E-state index contributed by atoms with van der Waals surface area (Å²) in [6.45, 7) is 2.78. The fraction of sp³-hybridized carbons (Fsp3) is 0.292. The molecule has 0 bridgehead atoms. The third kappa shape index (κ3) is 3.81. The molecule has 9 nitrogen and oxygen atoms in total. The lowest BCUT2D eigenvalue weighted by Gasteiger charge is -2.32. The number of hydrogen-bond acceptors (Lipinski definition) is 7. The lowest BCUT2D eigenvalue weighted by Crippen LogP contribution is -2.39. The van der Waals surface area contributed by atoms with Crippen LogP contribution in [0.4, 0.5) is 0 Å². The van der Waals surface area contributed by atoms with Crippen molar-refractivity contribution < 1.29 is 17.9 Å². The minimum atomic E-state index is -3.67. The van der Waals surface area contributed by atoms with Gasteiger partial charge in [-0.05, 0) is 50.1 Å². The number of nitrogens with zero attached hydrogens (tertiary/aromatic N) is 5. The smallest absolute Gasteiger partial charge is 0.243 e. The van der Waals surface area contributed by atoms with E-state index in [1.54, 1.807) is 24.5 Å². The first-order valence-electron chi connectivity index (χ1n) is 11.3. The zero-order valence-corrected chi connectivity index (χ0v) is 20.5. The lowest BCUT2D eigenvalue weighted by molar-refractivity contribution is 0.174. The molecule has 0 amide bonds. The van der Waals surface area contributed by atoms with Crippen molar-refractivity contribution in [1.29, 1.82) is 0 Å². The van der Waals surface area contributed by atoms with Gasteiger partial charge in [-0.3, -0.25) is 4.98 Å². The van der Waals surface area contributed by atoms with Crippen molar-refractivity contribution in [3.8, 4) is 22.9 Å². The molecule has 3 aromatic heterocycles. The second-order valence-electron chi connectivity index (χ2n) is 8.61. The quantitative estimate of drug-likeness (QED) is 0.404. The maximum absolute atomic E-state index is 13.3. The summed E-state index contributed by atoms with van der Waals surface area (Å²) < 4.78 is 41.0. The number of aromatic nitrogens is 4. The summed E-state index contributed by atoms with van der Waals surface area (Å²) in [7, 11) is -3.67. The Morgan fingerprint density at radius 2 is 1.83 bits per heavy atom. The molecule has 0 atom stereocenters.